The molecular weight excluding hydrogens is 358 g/mol. The highest BCUT2D eigenvalue weighted by molar-refractivity contribution is 6.30. The summed E-state index contributed by atoms with van der Waals surface area (Å²) in [5.41, 5.74) is 0.771. The third-order valence-electron chi connectivity index (χ3n) is 3.31. The molecule has 2 aromatic rings. The Morgan fingerprint density at radius 3 is 2.15 bits per heavy atom. The van der Waals surface area contributed by atoms with Crippen LogP contribution in [0.4, 0.5) is 5.69 Å². The first-order valence-corrected chi connectivity index (χ1v) is 8.07. The molecule has 0 aliphatic rings. The normalized spacial score (nSPS) is 10.9. The smallest absolute Gasteiger partial charge is 0.352 e. The SMILES string of the molecule is CCOC(=O)c1ccc(N/C(=C/C(=O)c2ccc(Cl)cc2)C(=O)O)cc1. The van der Waals surface area contributed by atoms with Crippen LogP contribution >= 0.6 is 11.6 Å². The summed E-state index contributed by atoms with van der Waals surface area (Å²) in [4.78, 5) is 35.2. The average Bonchev–Trinajstić information content (AvgIpc) is 2.62. The molecule has 0 unspecified atom stereocenters. The zero-order valence-electron chi connectivity index (χ0n) is 13.9. The van der Waals surface area contributed by atoms with Crippen LogP contribution in [-0.2, 0) is 9.53 Å². The van der Waals surface area contributed by atoms with E-state index in [2.05, 4.69) is 5.32 Å². The van der Waals surface area contributed by atoms with Gasteiger partial charge < -0.3 is 15.2 Å². The summed E-state index contributed by atoms with van der Waals surface area (Å²) in [5, 5.41) is 12.4. The fourth-order valence-electron chi connectivity index (χ4n) is 2.04. The predicted octanol–water partition coefficient (Wildman–Crippen LogP) is 3.78. The number of carbonyl (C=O) groups excluding carboxylic acids is 2. The third-order valence-corrected chi connectivity index (χ3v) is 3.56. The van der Waals surface area contributed by atoms with Gasteiger partial charge in [0.25, 0.3) is 0 Å². The molecule has 0 radical (unpaired) electrons. The Balaban J connectivity index is 2.17. The van der Waals surface area contributed by atoms with Crippen molar-refractivity contribution in [1.82, 2.24) is 0 Å². The number of anilines is 1. The number of allylic oxidation sites excluding steroid dienone is 1. The predicted molar refractivity (Wildman–Crippen MR) is 97.5 cm³/mol. The van der Waals surface area contributed by atoms with E-state index in [4.69, 9.17) is 16.3 Å². The largest absolute Gasteiger partial charge is 0.477 e. The van der Waals surface area contributed by atoms with Crippen LogP contribution in [0.25, 0.3) is 0 Å². The number of halogens is 1. The number of nitrogens with one attached hydrogen (secondary N) is 1. The number of carboxylic acid groups (broad SMARTS) is 1. The summed E-state index contributed by atoms with van der Waals surface area (Å²) >= 11 is 5.77. The van der Waals surface area contributed by atoms with E-state index in [1.54, 1.807) is 19.1 Å². The van der Waals surface area contributed by atoms with Crippen LogP contribution in [-0.4, -0.2) is 29.4 Å². The first-order chi connectivity index (χ1) is 12.4. The Kier molecular flexibility index (Phi) is 6.52. The number of ketones is 1. The quantitative estimate of drug-likeness (QED) is 0.436. The van der Waals surface area contributed by atoms with Crippen LogP contribution < -0.4 is 5.32 Å². The van der Waals surface area contributed by atoms with Gasteiger partial charge in [0.2, 0.25) is 0 Å². The molecule has 0 bridgehead atoms. The highest BCUT2D eigenvalue weighted by Gasteiger charge is 2.13. The highest BCUT2D eigenvalue weighted by atomic mass is 35.5. The van der Waals surface area contributed by atoms with Gasteiger partial charge >= 0.3 is 11.9 Å². The number of hydrogen-bond acceptors (Lipinski definition) is 5. The third kappa shape index (κ3) is 5.19. The van der Waals surface area contributed by atoms with Crippen molar-refractivity contribution in [2.75, 3.05) is 11.9 Å². The lowest BCUT2D eigenvalue weighted by Gasteiger charge is -2.08. The molecule has 0 saturated heterocycles. The molecule has 7 heteroatoms. The van der Waals surface area contributed by atoms with E-state index in [1.807, 2.05) is 0 Å². The second-order valence-electron chi connectivity index (χ2n) is 5.16. The van der Waals surface area contributed by atoms with E-state index in [-0.39, 0.29) is 12.3 Å². The van der Waals surface area contributed by atoms with Crippen LogP contribution in [0.2, 0.25) is 5.02 Å². The maximum absolute atomic E-state index is 12.2. The van der Waals surface area contributed by atoms with Gasteiger partial charge in [0.1, 0.15) is 5.70 Å². The van der Waals surface area contributed by atoms with Crippen molar-refractivity contribution in [1.29, 1.82) is 0 Å². The Labute approximate surface area is 155 Å². The number of benzene rings is 2. The topological polar surface area (TPSA) is 92.7 Å². The molecule has 134 valence electrons. The van der Waals surface area contributed by atoms with Gasteiger partial charge in [0, 0.05) is 22.3 Å². The Morgan fingerprint density at radius 1 is 1.04 bits per heavy atom. The van der Waals surface area contributed by atoms with Gasteiger partial charge in [-0.2, -0.15) is 0 Å². The van der Waals surface area contributed by atoms with Crippen molar-refractivity contribution in [2.45, 2.75) is 6.92 Å². The van der Waals surface area contributed by atoms with Crippen LogP contribution in [0.5, 0.6) is 0 Å². The van der Waals surface area contributed by atoms with Crippen molar-refractivity contribution in [3.63, 3.8) is 0 Å². The fourth-order valence-corrected chi connectivity index (χ4v) is 2.17. The monoisotopic (exact) mass is 373 g/mol. The standard InChI is InChI=1S/C19H16ClNO5/c1-2-26-19(25)13-5-9-15(10-6-13)21-16(18(23)24)11-17(22)12-3-7-14(20)8-4-12/h3-11,21H,2H2,1H3,(H,23,24)/b16-11+. The zero-order valence-corrected chi connectivity index (χ0v) is 14.6. The number of carbonyl (C=O) groups is 3. The van der Waals surface area contributed by atoms with Crippen LogP contribution in [0.15, 0.2) is 60.3 Å². The minimum atomic E-state index is -1.29. The molecule has 26 heavy (non-hydrogen) atoms. The molecule has 0 saturated carbocycles. The van der Waals surface area contributed by atoms with E-state index in [0.717, 1.165) is 6.08 Å². The van der Waals surface area contributed by atoms with Crippen molar-refractivity contribution >= 4 is 35.0 Å². The molecule has 6 nitrogen and oxygen atoms in total. The molecular formula is C19H16ClNO5. The van der Waals surface area contributed by atoms with Gasteiger partial charge in [-0.15, -0.1) is 0 Å². The number of hydrogen-bond donors (Lipinski definition) is 2. The fraction of sp³-hybridized carbons (Fsp3) is 0.105. The van der Waals surface area contributed by atoms with Crippen LogP contribution in [0, 0.1) is 0 Å². The van der Waals surface area contributed by atoms with E-state index >= 15 is 0 Å². The Hall–Kier alpha value is -3.12. The number of rotatable bonds is 7. The van der Waals surface area contributed by atoms with Crippen molar-refractivity contribution in [2.24, 2.45) is 0 Å². The second-order valence-corrected chi connectivity index (χ2v) is 5.59. The molecule has 0 aliphatic carbocycles. The minimum absolute atomic E-state index is 0.261. The van der Waals surface area contributed by atoms with E-state index in [9.17, 15) is 19.5 Å². The minimum Gasteiger partial charge on any atom is -0.477 e. The summed E-state index contributed by atoms with van der Waals surface area (Å²) in [6.07, 6.45) is 0.991. The average molecular weight is 374 g/mol. The summed E-state index contributed by atoms with van der Waals surface area (Å²) in [6, 6.07) is 12.2. The lowest BCUT2D eigenvalue weighted by molar-refractivity contribution is -0.132. The molecule has 2 rings (SSSR count). The summed E-state index contributed by atoms with van der Waals surface area (Å²) in [7, 11) is 0. The Morgan fingerprint density at radius 2 is 1.62 bits per heavy atom. The van der Waals surface area contributed by atoms with E-state index < -0.39 is 17.7 Å². The first-order valence-electron chi connectivity index (χ1n) is 7.69. The summed E-state index contributed by atoms with van der Waals surface area (Å²) in [5.74, 6) is -2.23. The zero-order chi connectivity index (χ0) is 19.1. The maximum Gasteiger partial charge on any atom is 0.352 e. The number of ether oxygens (including phenoxy) is 1. The van der Waals surface area contributed by atoms with Crippen molar-refractivity contribution < 1.29 is 24.2 Å². The highest BCUT2D eigenvalue weighted by Crippen LogP contribution is 2.15. The van der Waals surface area contributed by atoms with Gasteiger partial charge in [-0.05, 0) is 55.5 Å². The van der Waals surface area contributed by atoms with Gasteiger partial charge in [0.05, 0.1) is 12.2 Å². The Bertz CT molecular complexity index is 841. The lowest BCUT2D eigenvalue weighted by atomic mass is 10.1. The maximum atomic E-state index is 12.2. The van der Waals surface area contributed by atoms with Gasteiger partial charge in [-0.1, -0.05) is 11.6 Å². The van der Waals surface area contributed by atoms with Gasteiger partial charge in [-0.25, -0.2) is 9.59 Å². The van der Waals surface area contributed by atoms with Crippen LogP contribution in [0.3, 0.4) is 0 Å². The van der Waals surface area contributed by atoms with Crippen LogP contribution in [0.1, 0.15) is 27.6 Å². The molecule has 0 heterocycles. The molecule has 0 spiro atoms. The van der Waals surface area contributed by atoms with E-state index in [0.29, 0.717) is 21.8 Å². The van der Waals surface area contributed by atoms with Crippen molar-refractivity contribution in [3.05, 3.63) is 76.5 Å². The molecule has 0 amide bonds. The molecule has 0 fully saturated rings. The molecule has 2 aromatic carbocycles. The molecule has 0 aromatic heterocycles. The van der Waals surface area contributed by atoms with E-state index in [1.165, 1.54) is 36.4 Å². The number of esters is 1. The van der Waals surface area contributed by atoms with Crippen molar-refractivity contribution in [3.8, 4) is 0 Å². The number of carboxylic acids is 1. The summed E-state index contributed by atoms with van der Waals surface area (Å²) < 4.78 is 4.88. The number of aliphatic carboxylic acids is 1. The first kappa shape index (κ1) is 19.2. The lowest BCUT2D eigenvalue weighted by Crippen LogP contribution is -2.13. The second kappa shape index (κ2) is 8.82. The summed E-state index contributed by atoms with van der Waals surface area (Å²) in [6.45, 7) is 1.97. The van der Waals surface area contributed by atoms with Gasteiger partial charge in [-0.3, -0.25) is 4.79 Å². The molecule has 2 N–H and O–H groups in total. The molecule has 0 atom stereocenters. The van der Waals surface area contributed by atoms with Gasteiger partial charge in [0.15, 0.2) is 5.78 Å². The molecule has 0 aliphatic heterocycles.